The number of nitro benzene ring substituents is 1. The lowest BCUT2D eigenvalue weighted by Crippen LogP contribution is -2.49. The molecule has 1 saturated heterocycles. The molecule has 0 bridgehead atoms. The van der Waals surface area contributed by atoms with Crippen molar-refractivity contribution in [3.05, 3.63) is 34.4 Å². The topological polar surface area (TPSA) is 80.5 Å². The van der Waals surface area contributed by atoms with E-state index in [4.69, 9.17) is 0 Å². The van der Waals surface area contributed by atoms with Crippen LogP contribution in [-0.4, -0.2) is 30.2 Å². The molecular formula is C15H20N2O4S. The van der Waals surface area contributed by atoms with Gasteiger partial charge in [0.2, 0.25) is 10.0 Å². The van der Waals surface area contributed by atoms with Crippen molar-refractivity contribution >= 4 is 15.7 Å². The normalized spacial score (nSPS) is 26.4. The Hall–Kier alpha value is -1.47. The summed E-state index contributed by atoms with van der Waals surface area (Å²) in [6, 6.07) is 5.65. The maximum Gasteiger partial charge on any atom is 0.289 e. The average molecular weight is 324 g/mol. The second-order valence-electron chi connectivity index (χ2n) is 6.09. The van der Waals surface area contributed by atoms with E-state index in [2.05, 4.69) is 0 Å². The highest BCUT2D eigenvalue weighted by Gasteiger charge is 2.41. The molecule has 0 amide bonds. The van der Waals surface area contributed by atoms with E-state index in [1.54, 1.807) is 6.07 Å². The minimum absolute atomic E-state index is 0.00677. The number of nitro groups is 1. The van der Waals surface area contributed by atoms with Crippen LogP contribution >= 0.6 is 0 Å². The first-order chi connectivity index (χ1) is 10.5. The van der Waals surface area contributed by atoms with Gasteiger partial charge in [-0.25, -0.2) is 8.42 Å². The second kappa shape index (κ2) is 5.96. The summed E-state index contributed by atoms with van der Waals surface area (Å²) in [7, 11) is -3.82. The largest absolute Gasteiger partial charge is 0.289 e. The van der Waals surface area contributed by atoms with Crippen molar-refractivity contribution in [3.8, 4) is 0 Å². The van der Waals surface area contributed by atoms with Crippen LogP contribution in [0.2, 0.25) is 0 Å². The van der Waals surface area contributed by atoms with Crippen molar-refractivity contribution in [1.29, 1.82) is 0 Å². The lowest BCUT2D eigenvalue weighted by molar-refractivity contribution is -0.387. The molecule has 1 heterocycles. The van der Waals surface area contributed by atoms with Crippen molar-refractivity contribution in [2.45, 2.75) is 49.5 Å². The molecule has 0 spiro atoms. The van der Waals surface area contributed by atoms with Gasteiger partial charge < -0.3 is 0 Å². The zero-order valence-electron chi connectivity index (χ0n) is 12.3. The first kappa shape index (κ1) is 15.4. The van der Waals surface area contributed by atoms with E-state index in [0.29, 0.717) is 12.5 Å². The molecule has 2 fully saturated rings. The molecule has 6 nitrogen and oxygen atoms in total. The Morgan fingerprint density at radius 2 is 1.77 bits per heavy atom. The Morgan fingerprint density at radius 1 is 1.09 bits per heavy atom. The molecule has 120 valence electrons. The van der Waals surface area contributed by atoms with Crippen molar-refractivity contribution in [3.63, 3.8) is 0 Å². The lowest BCUT2D eigenvalue weighted by Gasteiger charge is -2.42. The number of hydrogen-bond acceptors (Lipinski definition) is 4. The van der Waals surface area contributed by atoms with Gasteiger partial charge in [-0.1, -0.05) is 25.0 Å². The van der Waals surface area contributed by atoms with E-state index in [9.17, 15) is 18.5 Å². The summed E-state index contributed by atoms with van der Waals surface area (Å²) in [6.45, 7) is 0.468. The average Bonchev–Trinajstić information content (AvgIpc) is 2.54. The smallest absolute Gasteiger partial charge is 0.258 e. The highest BCUT2D eigenvalue weighted by atomic mass is 32.2. The van der Waals surface area contributed by atoms with E-state index < -0.39 is 14.9 Å². The van der Waals surface area contributed by atoms with E-state index in [-0.39, 0.29) is 16.6 Å². The van der Waals surface area contributed by atoms with E-state index >= 15 is 0 Å². The third kappa shape index (κ3) is 2.63. The van der Waals surface area contributed by atoms with Crippen LogP contribution in [0.3, 0.4) is 0 Å². The molecule has 1 aliphatic heterocycles. The Morgan fingerprint density at radius 3 is 2.55 bits per heavy atom. The summed E-state index contributed by atoms with van der Waals surface area (Å²) in [5.41, 5.74) is -0.333. The van der Waals surface area contributed by atoms with Gasteiger partial charge in [0.1, 0.15) is 0 Å². The Labute approximate surface area is 130 Å². The van der Waals surface area contributed by atoms with Gasteiger partial charge in [0.25, 0.3) is 5.69 Å². The van der Waals surface area contributed by atoms with Crippen molar-refractivity contribution < 1.29 is 13.3 Å². The predicted octanol–water partition coefficient (Wildman–Crippen LogP) is 2.94. The van der Waals surface area contributed by atoms with Gasteiger partial charge in [0, 0.05) is 18.7 Å². The number of sulfonamides is 1. The van der Waals surface area contributed by atoms with Crippen LogP contribution < -0.4 is 0 Å². The Kier molecular flexibility index (Phi) is 4.18. The molecule has 0 aromatic heterocycles. The number of fused-ring (bicyclic) bond motifs is 1. The molecule has 22 heavy (non-hydrogen) atoms. The maximum atomic E-state index is 13.0. The quantitative estimate of drug-likeness (QED) is 0.632. The highest BCUT2D eigenvalue weighted by molar-refractivity contribution is 7.89. The lowest BCUT2D eigenvalue weighted by atomic mass is 9.79. The van der Waals surface area contributed by atoms with Gasteiger partial charge >= 0.3 is 0 Å². The fourth-order valence-electron chi connectivity index (χ4n) is 3.83. The molecule has 0 N–H and O–H groups in total. The molecule has 2 atom stereocenters. The molecule has 0 unspecified atom stereocenters. The molecule has 1 aliphatic carbocycles. The summed E-state index contributed by atoms with van der Waals surface area (Å²) in [5, 5.41) is 11.2. The van der Waals surface area contributed by atoms with Crippen molar-refractivity contribution in [1.82, 2.24) is 4.31 Å². The minimum Gasteiger partial charge on any atom is -0.258 e. The van der Waals surface area contributed by atoms with Gasteiger partial charge in [-0.15, -0.1) is 0 Å². The Bertz CT molecular complexity index is 672. The third-order valence-corrected chi connectivity index (χ3v) is 6.81. The van der Waals surface area contributed by atoms with Gasteiger partial charge in [-0.3, -0.25) is 10.1 Å². The molecule has 1 saturated carbocycles. The van der Waals surface area contributed by atoms with E-state index in [1.165, 1.54) is 22.5 Å². The van der Waals surface area contributed by atoms with Crippen LogP contribution in [0.1, 0.15) is 38.5 Å². The monoisotopic (exact) mass is 324 g/mol. The van der Waals surface area contributed by atoms with E-state index in [0.717, 1.165) is 38.5 Å². The van der Waals surface area contributed by atoms with Crippen molar-refractivity contribution in [2.75, 3.05) is 6.54 Å². The summed E-state index contributed by atoms with van der Waals surface area (Å²) in [6.07, 6.45) is 6.01. The van der Waals surface area contributed by atoms with Crippen LogP contribution in [0, 0.1) is 16.0 Å². The molecule has 1 aromatic rings. The highest BCUT2D eigenvalue weighted by Crippen LogP contribution is 2.39. The second-order valence-corrected chi connectivity index (χ2v) is 7.95. The van der Waals surface area contributed by atoms with E-state index in [1.807, 2.05) is 0 Å². The number of rotatable bonds is 3. The standard InChI is InChI=1S/C15H20N2O4S/c18-17(19)14-9-3-4-10-15(14)22(20,21)16-11-5-7-12-6-1-2-8-13(12)16/h3-4,9-10,12-13H,1-2,5-8,11H2/t12-,13-/m1/s1. The third-order valence-electron chi connectivity index (χ3n) is 4.84. The van der Waals surface area contributed by atoms with Crippen LogP contribution in [0.25, 0.3) is 0 Å². The molecule has 1 aromatic carbocycles. The van der Waals surface area contributed by atoms with Crippen molar-refractivity contribution in [2.24, 2.45) is 5.92 Å². The number of nitrogens with zero attached hydrogens (tertiary/aromatic N) is 2. The molecule has 3 rings (SSSR count). The molecular weight excluding hydrogens is 304 g/mol. The van der Waals surface area contributed by atoms with Crippen LogP contribution in [0.4, 0.5) is 5.69 Å². The first-order valence-corrected chi connectivity index (χ1v) is 9.21. The molecule has 0 radical (unpaired) electrons. The Balaban J connectivity index is 2.00. The first-order valence-electron chi connectivity index (χ1n) is 7.77. The number of hydrogen-bond donors (Lipinski definition) is 0. The number of piperidine rings is 1. The van der Waals surface area contributed by atoms with Gasteiger partial charge in [-0.2, -0.15) is 4.31 Å². The number of para-hydroxylation sites is 1. The van der Waals surface area contributed by atoms with Gasteiger partial charge in [0.15, 0.2) is 4.90 Å². The predicted molar refractivity (Wildman–Crippen MR) is 82.0 cm³/mol. The number of benzene rings is 1. The summed E-state index contributed by atoms with van der Waals surface area (Å²) >= 11 is 0. The zero-order chi connectivity index (χ0) is 15.7. The summed E-state index contributed by atoms with van der Waals surface area (Å²) in [5.74, 6) is 0.403. The molecule has 2 aliphatic rings. The minimum atomic E-state index is -3.82. The molecule has 7 heteroatoms. The zero-order valence-corrected chi connectivity index (χ0v) is 13.2. The van der Waals surface area contributed by atoms with Gasteiger partial charge in [-0.05, 0) is 37.7 Å². The van der Waals surface area contributed by atoms with Crippen LogP contribution in [0.5, 0.6) is 0 Å². The van der Waals surface area contributed by atoms with Crippen LogP contribution in [-0.2, 0) is 10.0 Å². The van der Waals surface area contributed by atoms with Crippen LogP contribution in [0.15, 0.2) is 29.2 Å². The SMILES string of the molecule is O=[N+]([O-])c1ccccc1S(=O)(=O)N1CCC[C@H]2CCCC[C@H]21. The summed E-state index contributed by atoms with van der Waals surface area (Å²) < 4.78 is 27.5. The fraction of sp³-hybridized carbons (Fsp3) is 0.600. The summed E-state index contributed by atoms with van der Waals surface area (Å²) in [4.78, 5) is 10.4. The van der Waals surface area contributed by atoms with Gasteiger partial charge in [0.05, 0.1) is 4.92 Å². The fourth-order valence-corrected chi connectivity index (χ4v) is 5.74. The maximum absolute atomic E-state index is 13.0.